The normalized spacial score (nSPS) is 10.4. The Balaban J connectivity index is 1.81. The van der Waals surface area contributed by atoms with Crippen LogP contribution in [-0.4, -0.2) is 39.6 Å². The van der Waals surface area contributed by atoms with E-state index in [1.807, 2.05) is 6.92 Å². The van der Waals surface area contributed by atoms with E-state index in [2.05, 4.69) is 10.5 Å². The molecule has 0 fully saturated rings. The lowest BCUT2D eigenvalue weighted by atomic mass is 10.2. The van der Waals surface area contributed by atoms with Crippen LogP contribution in [-0.2, 0) is 4.79 Å². The van der Waals surface area contributed by atoms with Crippen molar-refractivity contribution < 1.29 is 23.7 Å². The second kappa shape index (κ2) is 9.93. The summed E-state index contributed by atoms with van der Waals surface area (Å²) in [5.74, 6) is 2.17. The number of benzene rings is 2. The molecule has 0 atom stereocenters. The number of hydrazone groups is 1. The first-order valence-electron chi connectivity index (χ1n) is 8.06. The van der Waals surface area contributed by atoms with Gasteiger partial charge in [0.2, 0.25) is 0 Å². The van der Waals surface area contributed by atoms with Crippen molar-refractivity contribution in [3.05, 3.63) is 48.0 Å². The van der Waals surface area contributed by atoms with Gasteiger partial charge in [0.25, 0.3) is 5.91 Å². The second-order valence-electron chi connectivity index (χ2n) is 5.10. The molecule has 0 saturated carbocycles. The van der Waals surface area contributed by atoms with Crippen molar-refractivity contribution in [2.45, 2.75) is 6.92 Å². The van der Waals surface area contributed by atoms with Crippen LogP contribution in [0.15, 0.2) is 47.6 Å². The van der Waals surface area contributed by atoms with Crippen LogP contribution in [0.5, 0.6) is 23.0 Å². The van der Waals surface area contributed by atoms with Crippen LogP contribution in [0.3, 0.4) is 0 Å². The molecule has 0 aromatic heterocycles. The first kappa shape index (κ1) is 19.1. The molecule has 7 heteroatoms. The van der Waals surface area contributed by atoms with Gasteiger partial charge >= 0.3 is 0 Å². The van der Waals surface area contributed by atoms with Gasteiger partial charge in [0, 0.05) is 0 Å². The maximum Gasteiger partial charge on any atom is 0.277 e. The summed E-state index contributed by atoms with van der Waals surface area (Å²) in [6.45, 7) is 2.37. The monoisotopic (exact) mass is 358 g/mol. The summed E-state index contributed by atoms with van der Waals surface area (Å²) in [5.41, 5.74) is 3.17. The number of rotatable bonds is 9. The largest absolute Gasteiger partial charge is 0.494 e. The van der Waals surface area contributed by atoms with E-state index in [0.29, 0.717) is 23.9 Å². The third-order valence-electron chi connectivity index (χ3n) is 3.32. The molecule has 0 bridgehead atoms. The lowest BCUT2D eigenvalue weighted by Crippen LogP contribution is -2.24. The van der Waals surface area contributed by atoms with Gasteiger partial charge in [0.1, 0.15) is 11.5 Å². The number of carbonyl (C=O) groups excluding carboxylic acids is 1. The fourth-order valence-corrected chi connectivity index (χ4v) is 2.09. The average molecular weight is 358 g/mol. The molecule has 138 valence electrons. The molecule has 0 unspecified atom stereocenters. The summed E-state index contributed by atoms with van der Waals surface area (Å²) in [4.78, 5) is 11.8. The van der Waals surface area contributed by atoms with Crippen molar-refractivity contribution >= 4 is 12.1 Å². The molecule has 0 spiro atoms. The zero-order valence-corrected chi connectivity index (χ0v) is 15.0. The van der Waals surface area contributed by atoms with Gasteiger partial charge in [-0.15, -0.1) is 0 Å². The number of hydrogen-bond acceptors (Lipinski definition) is 6. The maximum absolute atomic E-state index is 11.8. The number of hydrogen-bond donors (Lipinski definition) is 1. The van der Waals surface area contributed by atoms with Crippen LogP contribution in [0, 0.1) is 0 Å². The fourth-order valence-electron chi connectivity index (χ4n) is 2.09. The Morgan fingerprint density at radius 1 is 1.00 bits per heavy atom. The Morgan fingerprint density at radius 2 is 1.65 bits per heavy atom. The minimum absolute atomic E-state index is 0.142. The van der Waals surface area contributed by atoms with E-state index in [1.165, 1.54) is 6.21 Å². The van der Waals surface area contributed by atoms with E-state index in [0.717, 1.165) is 11.3 Å². The Kier molecular flexibility index (Phi) is 7.30. The molecule has 0 aliphatic heterocycles. The minimum Gasteiger partial charge on any atom is -0.494 e. The predicted octanol–water partition coefficient (Wildman–Crippen LogP) is 2.63. The Hall–Kier alpha value is -3.22. The van der Waals surface area contributed by atoms with Gasteiger partial charge in [-0.1, -0.05) is 0 Å². The molecular weight excluding hydrogens is 336 g/mol. The van der Waals surface area contributed by atoms with Gasteiger partial charge in [-0.25, -0.2) is 5.43 Å². The molecule has 0 aliphatic carbocycles. The molecule has 26 heavy (non-hydrogen) atoms. The van der Waals surface area contributed by atoms with Gasteiger partial charge in [0.05, 0.1) is 27.0 Å². The van der Waals surface area contributed by atoms with Crippen molar-refractivity contribution in [2.24, 2.45) is 5.10 Å². The Bertz CT molecular complexity index is 744. The third-order valence-corrected chi connectivity index (χ3v) is 3.32. The standard InChI is InChI=1S/C19H22N2O5/c1-4-25-15-6-8-16(9-7-15)26-13-19(22)21-20-12-14-5-10-17(23-2)18(11-14)24-3/h5-12H,4,13H2,1-3H3,(H,21,22)/b20-12-. The molecule has 2 rings (SSSR count). The molecule has 1 amide bonds. The van der Waals surface area contributed by atoms with Crippen LogP contribution in [0.1, 0.15) is 12.5 Å². The molecule has 7 nitrogen and oxygen atoms in total. The highest BCUT2D eigenvalue weighted by Gasteiger charge is 2.04. The third kappa shape index (κ3) is 5.70. The van der Waals surface area contributed by atoms with Crippen molar-refractivity contribution in [3.8, 4) is 23.0 Å². The van der Waals surface area contributed by atoms with Crippen molar-refractivity contribution in [1.82, 2.24) is 5.43 Å². The van der Waals surface area contributed by atoms with Crippen molar-refractivity contribution in [2.75, 3.05) is 27.4 Å². The second-order valence-corrected chi connectivity index (χ2v) is 5.10. The number of carbonyl (C=O) groups is 1. The molecule has 0 saturated heterocycles. The molecule has 0 aliphatic rings. The van der Waals surface area contributed by atoms with E-state index >= 15 is 0 Å². The number of nitrogens with zero attached hydrogens (tertiary/aromatic N) is 1. The van der Waals surface area contributed by atoms with Crippen LogP contribution in [0.25, 0.3) is 0 Å². The van der Waals surface area contributed by atoms with E-state index in [-0.39, 0.29) is 12.5 Å². The summed E-state index contributed by atoms with van der Waals surface area (Å²) < 4.78 is 21.1. The molecular formula is C19H22N2O5. The first-order chi connectivity index (χ1) is 12.7. The molecule has 1 N–H and O–H groups in total. The van der Waals surface area contributed by atoms with Crippen molar-refractivity contribution in [1.29, 1.82) is 0 Å². The molecule has 0 radical (unpaired) electrons. The number of ether oxygens (including phenoxy) is 4. The first-order valence-corrected chi connectivity index (χ1v) is 8.06. The average Bonchev–Trinajstić information content (AvgIpc) is 2.67. The van der Waals surface area contributed by atoms with Crippen LogP contribution < -0.4 is 24.4 Å². The highest BCUT2D eigenvalue weighted by atomic mass is 16.5. The lowest BCUT2D eigenvalue weighted by Gasteiger charge is -2.08. The fraction of sp³-hybridized carbons (Fsp3) is 0.263. The number of amides is 1. The zero-order chi connectivity index (χ0) is 18.8. The molecule has 2 aromatic carbocycles. The van der Waals surface area contributed by atoms with Gasteiger partial charge in [-0.3, -0.25) is 4.79 Å². The predicted molar refractivity (Wildman–Crippen MR) is 98.4 cm³/mol. The molecule has 2 aromatic rings. The number of methoxy groups -OCH3 is 2. The highest BCUT2D eigenvalue weighted by Crippen LogP contribution is 2.26. The van der Waals surface area contributed by atoms with Crippen molar-refractivity contribution in [3.63, 3.8) is 0 Å². The SMILES string of the molecule is CCOc1ccc(OCC(=O)N/N=C\c2ccc(OC)c(OC)c2)cc1. The molecule has 0 heterocycles. The summed E-state index contributed by atoms with van der Waals surface area (Å²) >= 11 is 0. The van der Waals surface area contributed by atoms with Crippen LogP contribution in [0.2, 0.25) is 0 Å². The topological polar surface area (TPSA) is 78.4 Å². The van der Waals surface area contributed by atoms with Crippen LogP contribution in [0.4, 0.5) is 0 Å². The summed E-state index contributed by atoms with van der Waals surface area (Å²) in [7, 11) is 3.12. The zero-order valence-electron chi connectivity index (χ0n) is 15.0. The van der Waals surface area contributed by atoms with Gasteiger partial charge in [-0.05, 0) is 55.0 Å². The number of nitrogens with one attached hydrogen (secondary N) is 1. The van der Waals surface area contributed by atoms with E-state index < -0.39 is 0 Å². The maximum atomic E-state index is 11.8. The Labute approximate surface area is 152 Å². The van der Waals surface area contributed by atoms with E-state index in [9.17, 15) is 4.79 Å². The van der Waals surface area contributed by atoms with Gasteiger partial charge in [-0.2, -0.15) is 5.10 Å². The van der Waals surface area contributed by atoms with E-state index in [4.69, 9.17) is 18.9 Å². The quantitative estimate of drug-likeness (QED) is 0.551. The summed E-state index contributed by atoms with van der Waals surface area (Å²) in [5, 5.41) is 3.90. The van der Waals surface area contributed by atoms with Crippen LogP contribution >= 0.6 is 0 Å². The van der Waals surface area contributed by atoms with Gasteiger partial charge < -0.3 is 18.9 Å². The van der Waals surface area contributed by atoms with E-state index in [1.54, 1.807) is 56.7 Å². The smallest absolute Gasteiger partial charge is 0.277 e. The van der Waals surface area contributed by atoms with Gasteiger partial charge in [0.15, 0.2) is 18.1 Å². The summed E-state index contributed by atoms with van der Waals surface area (Å²) in [6, 6.07) is 12.4. The highest BCUT2D eigenvalue weighted by molar-refractivity contribution is 5.83. The summed E-state index contributed by atoms with van der Waals surface area (Å²) in [6.07, 6.45) is 1.51. The lowest BCUT2D eigenvalue weighted by molar-refractivity contribution is -0.123. The minimum atomic E-state index is -0.365. The Morgan fingerprint density at radius 3 is 2.27 bits per heavy atom.